The number of benzene rings is 3. The van der Waals surface area contributed by atoms with Gasteiger partial charge in [0.25, 0.3) is 10.0 Å². The lowest BCUT2D eigenvalue weighted by molar-refractivity contribution is 0.587. The Kier molecular flexibility index (Phi) is 3.30. The van der Waals surface area contributed by atoms with Crippen LogP contribution in [0.5, 0.6) is 0 Å². The van der Waals surface area contributed by atoms with Gasteiger partial charge in [-0.3, -0.25) is 0 Å². The van der Waals surface area contributed by atoms with E-state index in [0.29, 0.717) is 11.1 Å². The predicted molar refractivity (Wildman–Crippen MR) is 111 cm³/mol. The molecule has 1 aliphatic rings. The van der Waals surface area contributed by atoms with E-state index in [-0.39, 0.29) is 23.2 Å². The van der Waals surface area contributed by atoms with Gasteiger partial charge >= 0.3 is 0 Å². The Morgan fingerprint density at radius 1 is 0.786 bits per heavy atom. The Morgan fingerprint density at radius 3 is 2.21 bits per heavy atom. The summed E-state index contributed by atoms with van der Waals surface area (Å²) in [5.74, 6) is -0.275. The van der Waals surface area contributed by atoms with Crippen LogP contribution in [0.25, 0.3) is 11.1 Å². The molecule has 0 spiro atoms. The molecule has 5 rings (SSSR count). The molecule has 1 aliphatic carbocycles. The van der Waals surface area contributed by atoms with Gasteiger partial charge < -0.3 is 0 Å². The molecule has 0 saturated heterocycles. The molecule has 0 fully saturated rings. The minimum Gasteiger partial charge on any atom is -0.248 e. The molecule has 138 valence electrons. The number of hydrogen-bond acceptors (Lipinski definition) is 2. The third-order valence-electron chi connectivity index (χ3n) is 5.23. The van der Waals surface area contributed by atoms with E-state index < -0.39 is 10.0 Å². The number of aromatic nitrogens is 1. The van der Waals surface area contributed by atoms with Gasteiger partial charge in [-0.25, -0.2) is 12.4 Å². The lowest BCUT2D eigenvalue weighted by Gasteiger charge is -2.14. The van der Waals surface area contributed by atoms with E-state index in [1.54, 1.807) is 12.1 Å². The zero-order valence-corrected chi connectivity index (χ0v) is 16.1. The molecule has 0 amide bonds. The van der Waals surface area contributed by atoms with Crippen LogP contribution in [0.3, 0.4) is 0 Å². The van der Waals surface area contributed by atoms with Crippen molar-refractivity contribution in [2.75, 3.05) is 0 Å². The molecular formula is C24H19NO2S. The Morgan fingerprint density at radius 2 is 1.46 bits per heavy atom. The summed E-state index contributed by atoms with van der Waals surface area (Å²) < 4.78 is 45.2. The molecule has 0 saturated carbocycles. The first-order valence-electron chi connectivity index (χ1n) is 10.1. The largest absolute Gasteiger partial charge is 0.267 e. The lowest BCUT2D eigenvalue weighted by atomic mass is 9.90. The smallest absolute Gasteiger partial charge is 0.248 e. The fraction of sp³-hybridized carbons (Fsp3) is 0.0833. The second kappa shape index (κ2) is 6.21. The van der Waals surface area contributed by atoms with Crippen molar-refractivity contribution >= 4 is 10.0 Å². The first-order valence-corrected chi connectivity index (χ1v) is 10.5. The maximum Gasteiger partial charge on any atom is 0.267 e. The minimum atomic E-state index is -4.06. The van der Waals surface area contributed by atoms with Crippen LogP contribution < -0.4 is 0 Å². The van der Waals surface area contributed by atoms with Gasteiger partial charge in [-0.2, -0.15) is 0 Å². The Labute approximate surface area is 167 Å². The third-order valence-corrected chi connectivity index (χ3v) is 6.76. The van der Waals surface area contributed by atoms with Crippen molar-refractivity contribution in [3.63, 3.8) is 0 Å². The minimum absolute atomic E-state index is 0.0771. The van der Waals surface area contributed by atoms with Gasteiger partial charge in [0.1, 0.15) is 0 Å². The summed E-state index contributed by atoms with van der Waals surface area (Å²) in [5.41, 5.74) is 4.83. The molecule has 1 atom stereocenters. The predicted octanol–water partition coefficient (Wildman–Crippen LogP) is 5.19. The second-order valence-electron chi connectivity index (χ2n) is 7.03. The fourth-order valence-electron chi connectivity index (χ4n) is 3.83. The normalized spacial score (nSPS) is 16.2. The van der Waals surface area contributed by atoms with Crippen molar-refractivity contribution < 1.29 is 11.2 Å². The van der Waals surface area contributed by atoms with Crippen LogP contribution in [0.4, 0.5) is 0 Å². The second-order valence-corrected chi connectivity index (χ2v) is 8.81. The standard InChI is InChI=1S/C24H19NO2S/c1-17-11-13-19(14-12-17)28(26,27)25-15-22-20-9-5-6-10-21(20)24(23(22)16-25)18-7-3-2-4-8-18/h2-16,24H,1H3/i15D,16D. The monoisotopic (exact) mass is 387 g/mol. The summed E-state index contributed by atoms with van der Waals surface area (Å²) in [6, 6.07) is 23.9. The zero-order chi connectivity index (χ0) is 21.0. The van der Waals surface area contributed by atoms with Crippen LogP contribution >= 0.6 is 0 Å². The van der Waals surface area contributed by atoms with Crippen molar-refractivity contribution in [2.24, 2.45) is 0 Å². The molecule has 0 aliphatic heterocycles. The first-order chi connectivity index (χ1) is 14.4. The van der Waals surface area contributed by atoms with Gasteiger partial charge in [-0.15, -0.1) is 0 Å². The molecule has 1 aromatic heterocycles. The van der Waals surface area contributed by atoms with E-state index in [1.165, 1.54) is 12.1 Å². The van der Waals surface area contributed by atoms with Crippen LogP contribution in [-0.4, -0.2) is 12.4 Å². The number of fused-ring (bicyclic) bond motifs is 3. The zero-order valence-electron chi connectivity index (χ0n) is 17.3. The van der Waals surface area contributed by atoms with Crippen LogP contribution in [0.2, 0.25) is 0 Å². The molecule has 3 aromatic carbocycles. The average molecular weight is 388 g/mol. The summed E-state index contributed by atoms with van der Waals surface area (Å²) in [6.07, 6.45) is -0.318. The quantitative estimate of drug-likeness (QED) is 0.427. The average Bonchev–Trinajstić information content (AvgIpc) is 3.22. The van der Waals surface area contributed by atoms with E-state index in [0.717, 1.165) is 26.2 Å². The van der Waals surface area contributed by atoms with Gasteiger partial charge in [0, 0.05) is 23.8 Å². The molecular weight excluding hydrogens is 366 g/mol. The maximum atomic E-state index is 13.4. The van der Waals surface area contributed by atoms with Crippen molar-refractivity contribution in [3.05, 3.63) is 113 Å². The van der Waals surface area contributed by atoms with Gasteiger partial charge in [0.2, 0.25) is 0 Å². The Balaban J connectivity index is 1.80. The molecule has 1 heterocycles. The molecule has 0 bridgehead atoms. The molecule has 4 heteroatoms. The number of nitrogens with zero attached hydrogens (tertiary/aromatic N) is 1. The van der Waals surface area contributed by atoms with Crippen molar-refractivity contribution in [1.29, 1.82) is 0 Å². The number of rotatable bonds is 3. The van der Waals surface area contributed by atoms with E-state index in [9.17, 15) is 8.42 Å². The number of aryl methyl sites for hydroxylation is 1. The van der Waals surface area contributed by atoms with E-state index >= 15 is 0 Å². The summed E-state index contributed by atoms with van der Waals surface area (Å²) in [5, 5.41) is 0. The van der Waals surface area contributed by atoms with Crippen molar-refractivity contribution in [2.45, 2.75) is 17.7 Å². The highest BCUT2D eigenvalue weighted by Gasteiger charge is 2.33. The highest BCUT2D eigenvalue weighted by molar-refractivity contribution is 7.90. The van der Waals surface area contributed by atoms with E-state index in [1.807, 2.05) is 61.5 Å². The topological polar surface area (TPSA) is 39.1 Å². The molecule has 0 N–H and O–H groups in total. The number of hydrogen-bond donors (Lipinski definition) is 0. The fourth-order valence-corrected chi connectivity index (χ4v) is 4.95. The van der Waals surface area contributed by atoms with E-state index in [2.05, 4.69) is 0 Å². The van der Waals surface area contributed by atoms with Crippen LogP contribution in [0.1, 0.15) is 30.9 Å². The van der Waals surface area contributed by atoms with Gasteiger partial charge in [0.05, 0.1) is 7.64 Å². The molecule has 4 aromatic rings. The van der Waals surface area contributed by atoms with E-state index in [4.69, 9.17) is 2.74 Å². The molecule has 3 nitrogen and oxygen atoms in total. The Bertz CT molecular complexity index is 1370. The summed E-state index contributed by atoms with van der Waals surface area (Å²) in [6.45, 7) is 1.88. The SMILES string of the molecule is [2H]c1c2c(c([2H])n1S(=O)(=O)c1ccc(C)cc1)C(c1ccccc1)c1ccccc1-2. The third kappa shape index (κ3) is 2.53. The summed E-state index contributed by atoms with van der Waals surface area (Å²) in [4.78, 5) is 0.0771. The Hall–Kier alpha value is -3.11. The lowest BCUT2D eigenvalue weighted by Crippen LogP contribution is -2.11. The first kappa shape index (κ1) is 14.9. The highest BCUT2D eigenvalue weighted by atomic mass is 32.2. The van der Waals surface area contributed by atoms with Crippen LogP contribution in [0, 0.1) is 6.92 Å². The van der Waals surface area contributed by atoms with Crippen LogP contribution in [-0.2, 0) is 10.0 Å². The van der Waals surface area contributed by atoms with Crippen molar-refractivity contribution in [3.8, 4) is 11.1 Å². The summed E-state index contributed by atoms with van der Waals surface area (Å²) >= 11 is 0. The summed E-state index contributed by atoms with van der Waals surface area (Å²) in [7, 11) is -4.06. The van der Waals surface area contributed by atoms with Crippen molar-refractivity contribution in [1.82, 2.24) is 3.97 Å². The van der Waals surface area contributed by atoms with Gasteiger partial charge in [0.15, 0.2) is 0 Å². The highest BCUT2D eigenvalue weighted by Crippen LogP contribution is 2.48. The van der Waals surface area contributed by atoms with Gasteiger partial charge in [-0.05, 0) is 41.3 Å². The van der Waals surface area contributed by atoms with Gasteiger partial charge in [-0.1, -0.05) is 72.3 Å². The maximum absolute atomic E-state index is 13.4. The molecule has 1 unspecified atom stereocenters. The molecule has 0 radical (unpaired) electrons. The molecule has 28 heavy (non-hydrogen) atoms. The van der Waals surface area contributed by atoms with Crippen LogP contribution in [0.15, 0.2) is 96.1 Å².